The quantitative estimate of drug-likeness (QED) is 0.540. The Morgan fingerprint density at radius 1 is 0.765 bits per heavy atom. The van der Waals surface area contributed by atoms with E-state index in [9.17, 15) is 0 Å². The molecule has 0 saturated heterocycles. The van der Waals surface area contributed by atoms with Crippen LogP contribution >= 0.6 is 7.26 Å². The van der Waals surface area contributed by atoms with Gasteiger partial charge in [-0.15, -0.1) is 0 Å². The van der Waals surface area contributed by atoms with Gasteiger partial charge in [0, 0.05) is 7.26 Å². The van der Waals surface area contributed by atoms with Gasteiger partial charge in [0.2, 0.25) is 0 Å². The van der Waals surface area contributed by atoms with E-state index < -0.39 is 7.26 Å². The molecule has 1 rings (SSSR count). The van der Waals surface area contributed by atoms with Crippen molar-refractivity contribution in [1.82, 2.24) is 0 Å². The summed E-state index contributed by atoms with van der Waals surface area (Å²) in [7, 11) is -0.718. The van der Waals surface area contributed by atoms with Crippen LogP contribution < -0.4 is 0 Å². The van der Waals surface area contributed by atoms with Gasteiger partial charge in [0.15, 0.2) is 0 Å². The fraction of sp³-hybridized carbons (Fsp3) is 0.625. The van der Waals surface area contributed by atoms with Gasteiger partial charge in [-0.25, -0.2) is 0 Å². The van der Waals surface area contributed by atoms with E-state index in [1.165, 1.54) is 43.9 Å². The summed E-state index contributed by atoms with van der Waals surface area (Å²) in [6.07, 6.45) is 9.93. The normalized spacial score (nSPS) is 11.7. The lowest BCUT2D eigenvalue weighted by molar-refractivity contribution is 0.984. The van der Waals surface area contributed by atoms with Gasteiger partial charge in [-0.3, -0.25) is 0 Å². The third-order valence-electron chi connectivity index (χ3n) is 3.45. The van der Waals surface area contributed by atoms with Crippen LogP contribution in [0, 0.1) is 0 Å². The van der Waals surface area contributed by atoms with Crippen molar-refractivity contribution in [3.8, 4) is 0 Å². The standard InChI is InChI=1S/C16H28P/c1-4-12-17(13-5-2,14-6-3)15-16-10-8-7-9-11-16/h7-11H,4-6,12-15H2,1-3H3/q+1. The molecule has 1 heteroatoms. The first-order valence-corrected chi connectivity index (χ1v) is 9.68. The first-order valence-electron chi connectivity index (χ1n) is 7.15. The van der Waals surface area contributed by atoms with Crippen molar-refractivity contribution in [2.45, 2.75) is 46.2 Å². The molecule has 1 aromatic rings. The molecule has 0 N–H and O–H groups in total. The maximum Gasteiger partial charge on any atom is 0.0842 e. The lowest BCUT2D eigenvalue weighted by Crippen LogP contribution is -2.10. The highest BCUT2D eigenvalue weighted by Crippen LogP contribution is 2.62. The summed E-state index contributed by atoms with van der Waals surface area (Å²) in [4.78, 5) is 0. The minimum atomic E-state index is -0.718. The first-order chi connectivity index (χ1) is 8.26. The minimum absolute atomic E-state index is 0.718. The molecule has 0 fully saturated rings. The molecule has 0 aromatic heterocycles. The van der Waals surface area contributed by atoms with Crippen LogP contribution in [0.3, 0.4) is 0 Å². The monoisotopic (exact) mass is 251 g/mol. The van der Waals surface area contributed by atoms with Crippen LogP contribution in [-0.2, 0) is 6.16 Å². The van der Waals surface area contributed by atoms with Gasteiger partial charge < -0.3 is 0 Å². The third kappa shape index (κ3) is 4.80. The van der Waals surface area contributed by atoms with E-state index in [1.807, 2.05) is 0 Å². The van der Waals surface area contributed by atoms with Crippen molar-refractivity contribution in [3.05, 3.63) is 35.9 Å². The Hall–Kier alpha value is -0.350. The smallest absolute Gasteiger partial charge is 0.0622 e. The summed E-state index contributed by atoms with van der Waals surface area (Å²) >= 11 is 0. The van der Waals surface area contributed by atoms with Gasteiger partial charge in [-0.1, -0.05) is 51.1 Å². The van der Waals surface area contributed by atoms with E-state index in [0.717, 1.165) is 0 Å². The van der Waals surface area contributed by atoms with E-state index in [4.69, 9.17) is 0 Å². The topological polar surface area (TPSA) is 0 Å². The van der Waals surface area contributed by atoms with Crippen LogP contribution in [0.4, 0.5) is 0 Å². The highest BCUT2D eigenvalue weighted by Gasteiger charge is 2.34. The second-order valence-corrected chi connectivity index (χ2v) is 9.50. The highest BCUT2D eigenvalue weighted by molar-refractivity contribution is 7.75. The van der Waals surface area contributed by atoms with Crippen molar-refractivity contribution in [2.24, 2.45) is 0 Å². The Balaban J connectivity index is 2.80. The summed E-state index contributed by atoms with van der Waals surface area (Å²) in [5.74, 6) is 0. The molecule has 0 aliphatic heterocycles. The van der Waals surface area contributed by atoms with Crippen LogP contribution in [0.25, 0.3) is 0 Å². The largest absolute Gasteiger partial charge is 0.0842 e. The number of benzene rings is 1. The van der Waals surface area contributed by atoms with Gasteiger partial charge >= 0.3 is 0 Å². The summed E-state index contributed by atoms with van der Waals surface area (Å²) in [6.45, 7) is 7.06. The van der Waals surface area contributed by atoms with Crippen molar-refractivity contribution in [3.63, 3.8) is 0 Å². The molecule has 0 heterocycles. The molecular formula is C16H28P+. The minimum Gasteiger partial charge on any atom is -0.0622 e. The average molecular weight is 251 g/mol. The summed E-state index contributed by atoms with van der Waals surface area (Å²) in [5, 5.41) is 0. The number of hydrogen-bond acceptors (Lipinski definition) is 0. The van der Waals surface area contributed by atoms with Gasteiger partial charge in [0.05, 0.1) is 24.6 Å². The molecule has 0 bridgehead atoms. The van der Waals surface area contributed by atoms with E-state index >= 15 is 0 Å². The molecule has 0 nitrogen and oxygen atoms in total. The van der Waals surface area contributed by atoms with E-state index in [0.29, 0.717) is 0 Å². The summed E-state index contributed by atoms with van der Waals surface area (Å²) in [5.41, 5.74) is 1.57. The van der Waals surface area contributed by atoms with Crippen LogP contribution in [0.2, 0.25) is 0 Å². The third-order valence-corrected chi connectivity index (χ3v) is 8.68. The number of rotatable bonds is 8. The predicted molar refractivity (Wildman–Crippen MR) is 82.5 cm³/mol. The zero-order valence-electron chi connectivity index (χ0n) is 11.8. The van der Waals surface area contributed by atoms with Crippen molar-refractivity contribution in [2.75, 3.05) is 18.5 Å². The Morgan fingerprint density at radius 2 is 1.24 bits per heavy atom. The SMILES string of the molecule is CCC[P+](CCC)(CCC)Cc1ccccc1. The molecule has 0 spiro atoms. The van der Waals surface area contributed by atoms with Gasteiger partial charge in [0.25, 0.3) is 0 Å². The highest BCUT2D eigenvalue weighted by atomic mass is 31.2. The second-order valence-electron chi connectivity index (χ2n) is 5.16. The first kappa shape index (κ1) is 14.7. The fourth-order valence-corrected chi connectivity index (χ4v) is 7.94. The Morgan fingerprint density at radius 3 is 1.65 bits per heavy atom. The van der Waals surface area contributed by atoms with Gasteiger partial charge in [-0.2, -0.15) is 0 Å². The average Bonchev–Trinajstić information content (AvgIpc) is 2.31. The molecule has 17 heavy (non-hydrogen) atoms. The van der Waals surface area contributed by atoms with Crippen molar-refractivity contribution in [1.29, 1.82) is 0 Å². The van der Waals surface area contributed by atoms with Crippen LogP contribution in [0.1, 0.15) is 45.6 Å². The van der Waals surface area contributed by atoms with Crippen molar-refractivity contribution < 1.29 is 0 Å². The maximum atomic E-state index is 2.35. The summed E-state index contributed by atoms with van der Waals surface area (Å²) in [6, 6.07) is 11.1. The Bertz CT molecular complexity index is 275. The Labute approximate surface area is 108 Å². The molecule has 0 amide bonds. The zero-order valence-corrected chi connectivity index (χ0v) is 12.7. The van der Waals surface area contributed by atoms with Crippen molar-refractivity contribution >= 4 is 7.26 Å². The van der Waals surface area contributed by atoms with Crippen LogP contribution in [-0.4, -0.2) is 18.5 Å². The summed E-state index contributed by atoms with van der Waals surface area (Å²) < 4.78 is 0. The van der Waals surface area contributed by atoms with E-state index in [-0.39, 0.29) is 0 Å². The molecule has 0 atom stereocenters. The van der Waals surface area contributed by atoms with E-state index in [1.54, 1.807) is 5.56 Å². The predicted octanol–water partition coefficient (Wildman–Crippen LogP) is 5.43. The molecule has 0 radical (unpaired) electrons. The van der Waals surface area contributed by atoms with Gasteiger partial charge in [-0.05, 0) is 24.8 Å². The lowest BCUT2D eigenvalue weighted by atomic mass is 10.2. The molecule has 0 aliphatic rings. The lowest BCUT2D eigenvalue weighted by Gasteiger charge is -2.27. The van der Waals surface area contributed by atoms with Crippen LogP contribution in [0.15, 0.2) is 30.3 Å². The zero-order chi connectivity index (χ0) is 12.6. The molecule has 0 unspecified atom stereocenters. The molecule has 0 aliphatic carbocycles. The van der Waals surface area contributed by atoms with Crippen LogP contribution in [0.5, 0.6) is 0 Å². The fourth-order valence-electron chi connectivity index (χ4n) is 2.97. The maximum absolute atomic E-state index is 2.35. The molecular weight excluding hydrogens is 223 g/mol. The number of hydrogen-bond donors (Lipinski definition) is 0. The van der Waals surface area contributed by atoms with E-state index in [2.05, 4.69) is 51.1 Å². The molecule has 0 saturated carbocycles. The molecule has 96 valence electrons. The Kier molecular flexibility index (Phi) is 6.82. The molecule has 1 aromatic carbocycles. The van der Waals surface area contributed by atoms with Gasteiger partial charge in [0.1, 0.15) is 0 Å². The second kappa shape index (κ2) is 7.88.